The molecule has 1 aliphatic heterocycles. The molecule has 0 fully saturated rings. The number of carbonyl (C=O) groups is 2. The van der Waals surface area contributed by atoms with E-state index in [-0.39, 0.29) is 30.8 Å². The van der Waals surface area contributed by atoms with Crippen LogP contribution in [0.15, 0.2) is 36.4 Å². The lowest BCUT2D eigenvalue weighted by Crippen LogP contribution is -2.42. The van der Waals surface area contributed by atoms with Crippen LogP contribution in [0.3, 0.4) is 0 Å². The van der Waals surface area contributed by atoms with Gasteiger partial charge >= 0.3 is 0 Å². The van der Waals surface area contributed by atoms with Crippen LogP contribution in [0, 0.1) is 0 Å². The summed E-state index contributed by atoms with van der Waals surface area (Å²) in [6.45, 7) is 1.85. The number of nitrogens with one attached hydrogen (secondary N) is 2. The second kappa shape index (κ2) is 8.39. The summed E-state index contributed by atoms with van der Waals surface area (Å²) in [5.41, 5.74) is 1.85. The van der Waals surface area contributed by atoms with E-state index in [9.17, 15) is 9.59 Å². The summed E-state index contributed by atoms with van der Waals surface area (Å²) >= 11 is 6.28. The molecule has 0 saturated heterocycles. The van der Waals surface area contributed by atoms with E-state index in [1.165, 1.54) is 14.2 Å². The molecule has 1 heterocycles. The first-order chi connectivity index (χ1) is 13.4. The minimum Gasteiger partial charge on any atom is -0.493 e. The molecule has 0 bridgehead atoms. The highest BCUT2D eigenvalue weighted by molar-refractivity contribution is 6.33. The third kappa shape index (κ3) is 3.99. The summed E-state index contributed by atoms with van der Waals surface area (Å²) in [7, 11) is 3.05. The van der Waals surface area contributed by atoms with Crippen molar-refractivity contribution in [1.82, 2.24) is 0 Å². The van der Waals surface area contributed by atoms with Crippen LogP contribution in [-0.2, 0) is 9.59 Å². The Balaban J connectivity index is 1.82. The van der Waals surface area contributed by atoms with E-state index >= 15 is 0 Å². The first kappa shape index (κ1) is 19.8. The van der Waals surface area contributed by atoms with Gasteiger partial charge in [0.2, 0.25) is 11.8 Å². The fourth-order valence-corrected chi connectivity index (χ4v) is 3.43. The summed E-state index contributed by atoms with van der Waals surface area (Å²) in [5.74, 6) is 0.711. The number of nitrogens with zero attached hydrogens (tertiary/aromatic N) is 1. The predicted molar refractivity (Wildman–Crippen MR) is 110 cm³/mol. The molecule has 148 valence electrons. The van der Waals surface area contributed by atoms with E-state index in [2.05, 4.69) is 10.6 Å². The normalized spacial score (nSPS) is 15.9. The Labute approximate surface area is 168 Å². The summed E-state index contributed by atoms with van der Waals surface area (Å²) in [6, 6.07) is 10.3. The molecule has 0 aromatic heterocycles. The number of methoxy groups -OCH3 is 2. The van der Waals surface area contributed by atoms with Crippen LogP contribution in [0.25, 0.3) is 0 Å². The molecule has 7 nitrogen and oxygen atoms in total. The number of benzene rings is 2. The third-order valence-corrected chi connectivity index (χ3v) is 4.84. The molecule has 2 N–H and O–H groups in total. The van der Waals surface area contributed by atoms with Gasteiger partial charge in [-0.3, -0.25) is 9.59 Å². The zero-order valence-electron chi connectivity index (χ0n) is 15.9. The van der Waals surface area contributed by atoms with E-state index < -0.39 is 0 Å². The van der Waals surface area contributed by atoms with Gasteiger partial charge in [0.25, 0.3) is 0 Å². The summed E-state index contributed by atoms with van der Waals surface area (Å²) in [5, 5.41) is 6.31. The number of ether oxygens (including phenoxy) is 2. The Bertz CT molecular complexity index is 903. The molecule has 0 saturated carbocycles. The topological polar surface area (TPSA) is 79.9 Å². The van der Waals surface area contributed by atoms with Crippen molar-refractivity contribution in [3.05, 3.63) is 41.4 Å². The minimum absolute atomic E-state index is 0.00205. The number of amides is 2. The number of hydrogen-bond donors (Lipinski definition) is 2. The molecular formula is C20H22ClN3O4. The first-order valence-corrected chi connectivity index (χ1v) is 9.18. The van der Waals surface area contributed by atoms with Gasteiger partial charge in [-0.05, 0) is 19.1 Å². The molecule has 2 amide bonds. The highest BCUT2D eigenvalue weighted by Gasteiger charge is 2.29. The molecule has 1 aliphatic rings. The third-order valence-electron chi connectivity index (χ3n) is 4.53. The fraction of sp³-hybridized carbons (Fsp3) is 0.300. The van der Waals surface area contributed by atoms with Crippen molar-refractivity contribution >= 4 is 40.5 Å². The van der Waals surface area contributed by atoms with Gasteiger partial charge in [0, 0.05) is 24.6 Å². The Morgan fingerprint density at radius 2 is 1.93 bits per heavy atom. The minimum atomic E-state index is -0.279. The Hall–Kier alpha value is -2.93. The quantitative estimate of drug-likeness (QED) is 0.798. The number of rotatable bonds is 5. The molecule has 2 aromatic rings. The predicted octanol–water partition coefficient (Wildman–Crippen LogP) is 3.53. The first-order valence-electron chi connectivity index (χ1n) is 8.81. The smallest absolute Gasteiger partial charge is 0.246 e. The van der Waals surface area contributed by atoms with Crippen molar-refractivity contribution in [2.24, 2.45) is 0 Å². The molecule has 2 aromatic carbocycles. The molecule has 1 unspecified atom stereocenters. The van der Waals surface area contributed by atoms with Crippen LogP contribution in [0.2, 0.25) is 5.02 Å². The zero-order chi connectivity index (χ0) is 20.3. The van der Waals surface area contributed by atoms with Gasteiger partial charge in [-0.15, -0.1) is 0 Å². The van der Waals surface area contributed by atoms with Gasteiger partial charge < -0.3 is 25.0 Å². The number of para-hydroxylation sites is 2. The zero-order valence-corrected chi connectivity index (χ0v) is 16.7. The number of carbonyl (C=O) groups excluding carboxylic acids is 2. The second-order valence-corrected chi connectivity index (χ2v) is 6.83. The van der Waals surface area contributed by atoms with Gasteiger partial charge in [-0.2, -0.15) is 0 Å². The van der Waals surface area contributed by atoms with Crippen LogP contribution in [0.4, 0.5) is 17.1 Å². The second-order valence-electron chi connectivity index (χ2n) is 6.42. The summed E-state index contributed by atoms with van der Waals surface area (Å²) in [4.78, 5) is 26.7. The van der Waals surface area contributed by atoms with Crippen molar-refractivity contribution in [3.8, 4) is 11.5 Å². The van der Waals surface area contributed by atoms with Crippen LogP contribution < -0.4 is 25.0 Å². The van der Waals surface area contributed by atoms with E-state index in [1.54, 1.807) is 23.1 Å². The molecule has 3 rings (SSSR count). The monoisotopic (exact) mass is 403 g/mol. The molecule has 0 spiro atoms. The largest absolute Gasteiger partial charge is 0.493 e. The van der Waals surface area contributed by atoms with E-state index in [0.717, 1.165) is 0 Å². The lowest BCUT2D eigenvalue weighted by Gasteiger charge is -2.28. The molecule has 0 aliphatic carbocycles. The molecule has 8 heteroatoms. The van der Waals surface area contributed by atoms with Crippen molar-refractivity contribution in [3.63, 3.8) is 0 Å². The maximum absolute atomic E-state index is 13.0. The standard InChI is InChI=1S/C20H22ClN3O4/c1-12-8-19(25)23-14-6-4-5-7-16(14)24(12)20(26)11-22-15-10-18(28-3)17(27-2)9-13(15)21/h4-7,9-10,12,22H,8,11H2,1-3H3,(H,23,25). The lowest BCUT2D eigenvalue weighted by atomic mass is 10.1. The highest BCUT2D eigenvalue weighted by Crippen LogP contribution is 2.36. The van der Waals surface area contributed by atoms with Crippen molar-refractivity contribution in [2.75, 3.05) is 36.3 Å². The molecular weight excluding hydrogens is 382 g/mol. The maximum atomic E-state index is 13.0. The number of fused-ring (bicyclic) bond motifs is 1. The van der Waals surface area contributed by atoms with Gasteiger partial charge in [0.15, 0.2) is 11.5 Å². The van der Waals surface area contributed by atoms with Gasteiger partial charge in [0.05, 0.1) is 42.8 Å². The Kier molecular flexibility index (Phi) is 5.94. The van der Waals surface area contributed by atoms with Crippen molar-refractivity contribution in [1.29, 1.82) is 0 Å². The number of hydrogen-bond acceptors (Lipinski definition) is 5. The van der Waals surface area contributed by atoms with E-state index in [4.69, 9.17) is 21.1 Å². The van der Waals surface area contributed by atoms with Crippen LogP contribution >= 0.6 is 11.6 Å². The van der Waals surface area contributed by atoms with Crippen LogP contribution in [0.1, 0.15) is 13.3 Å². The molecule has 0 radical (unpaired) electrons. The lowest BCUT2D eigenvalue weighted by molar-refractivity contribution is -0.118. The van der Waals surface area contributed by atoms with Crippen molar-refractivity contribution in [2.45, 2.75) is 19.4 Å². The van der Waals surface area contributed by atoms with Gasteiger partial charge in [-0.1, -0.05) is 23.7 Å². The maximum Gasteiger partial charge on any atom is 0.246 e. The fourth-order valence-electron chi connectivity index (χ4n) is 3.21. The number of anilines is 3. The average molecular weight is 404 g/mol. The Morgan fingerprint density at radius 3 is 2.64 bits per heavy atom. The number of halogens is 1. The van der Waals surface area contributed by atoms with E-state index in [0.29, 0.717) is 33.6 Å². The van der Waals surface area contributed by atoms with Crippen molar-refractivity contribution < 1.29 is 19.1 Å². The summed E-state index contributed by atoms with van der Waals surface area (Å²) in [6.07, 6.45) is 0.220. The SMILES string of the molecule is COc1cc(Cl)c(NCC(=O)N2c3ccccc3NC(=O)CC2C)cc1OC. The van der Waals surface area contributed by atoms with Crippen LogP contribution in [0.5, 0.6) is 11.5 Å². The van der Waals surface area contributed by atoms with Gasteiger partial charge in [0.1, 0.15) is 0 Å². The van der Waals surface area contributed by atoms with Crippen LogP contribution in [-0.4, -0.2) is 38.6 Å². The summed E-state index contributed by atoms with van der Waals surface area (Å²) < 4.78 is 10.5. The molecule has 28 heavy (non-hydrogen) atoms. The highest BCUT2D eigenvalue weighted by atomic mass is 35.5. The average Bonchev–Trinajstić information content (AvgIpc) is 2.80. The van der Waals surface area contributed by atoms with Gasteiger partial charge in [-0.25, -0.2) is 0 Å². The molecule has 1 atom stereocenters. The van der Waals surface area contributed by atoms with E-state index in [1.807, 2.05) is 25.1 Å². The Morgan fingerprint density at radius 1 is 1.25 bits per heavy atom.